The van der Waals surface area contributed by atoms with E-state index >= 15 is 0 Å². The van der Waals surface area contributed by atoms with Gasteiger partial charge in [-0.25, -0.2) is 4.79 Å². The fourth-order valence-electron chi connectivity index (χ4n) is 4.21. The van der Waals surface area contributed by atoms with E-state index in [0.29, 0.717) is 13.0 Å². The minimum absolute atomic E-state index is 0.00962. The highest BCUT2D eigenvalue weighted by Crippen LogP contribution is 2.17. The van der Waals surface area contributed by atoms with Crippen molar-refractivity contribution in [3.05, 3.63) is 83.9 Å². The summed E-state index contributed by atoms with van der Waals surface area (Å²) < 4.78 is 5.34. The van der Waals surface area contributed by atoms with Crippen molar-refractivity contribution in [2.24, 2.45) is 5.92 Å². The summed E-state index contributed by atoms with van der Waals surface area (Å²) in [6, 6.07) is 23.9. The molecular weight excluding hydrogens is 414 g/mol. The van der Waals surface area contributed by atoms with Crippen molar-refractivity contribution in [1.82, 2.24) is 16.0 Å². The molecule has 1 aliphatic rings. The zero-order valence-corrected chi connectivity index (χ0v) is 18.8. The first-order valence-electron chi connectivity index (χ1n) is 11.6. The molecule has 1 saturated heterocycles. The van der Waals surface area contributed by atoms with Crippen LogP contribution in [0.2, 0.25) is 0 Å². The molecule has 1 fully saturated rings. The van der Waals surface area contributed by atoms with Crippen LogP contribution in [0.4, 0.5) is 4.79 Å². The summed E-state index contributed by atoms with van der Waals surface area (Å²) in [5.74, 6) is 0.0668. The molecule has 0 saturated carbocycles. The highest BCUT2D eigenvalue weighted by atomic mass is 16.5. The number of amides is 2. The Morgan fingerprint density at radius 2 is 1.64 bits per heavy atom. The average molecular weight is 446 g/mol. The fourth-order valence-corrected chi connectivity index (χ4v) is 4.21. The van der Waals surface area contributed by atoms with E-state index in [0.717, 1.165) is 42.4 Å². The summed E-state index contributed by atoms with van der Waals surface area (Å²) in [6.45, 7) is 2.23. The molecule has 3 aromatic carbocycles. The van der Waals surface area contributed by atoms with Crippen LogP contribution in [0.3, 0.4) is 0 Å². The number of carbonyl (C=O) groups excluding carboxylic acids is 2. The summed E-state index contributed by atoms with van der Waals surface area (Å²) >= 11 is 0. The second-order valence-electron chi connectivity index (χ2n) is 8.56. The molecule has 2 amide bonds. The molecule has 1 aliphatic heterocycles. The normalized spacial score (nSPS) is 15.0. The summed E-state index contributed by atoms with van der Waals surface area (Å²) in [7, 11) is 0. The monoisotopic (exact) mass is 445 g/mol. The van der Waals surface area contributed by atoms with E-state index in [1.807, 2.05) is 42.5 Å². The van der Waals surface area contributed by atoms with E-state index in [1.54, 1.807) is 0 Å². The largest absolute Gasteiger partial charge is 0.445 e. The Kier molecular flexibility index (Phi) is 7.93. The predicted molar refractivity (Wildman–Crippen MR) is 130 cm³/mol. The van der Waals surface area contributed by atoms with Crippen molar-refractivity contribution in [2.75, 3.05) is 19.6 Å². The molecule has 0 aromatic heterocycles. The highest BCUT2D eigenvalue weighted by Gasteiger charge is 2.24. The van der Waals surface area contributed by atoms with Gasteiger partial charge in [-0.15, -0.1) is 0 Å². The molecule has 0 radical (unpaired) electrons. The van der Waals surface area contributed by atoms with Crippen molar-refractivity contribution < 1.29 is 14.3 Å². The summed E-state index contributed by atoms with van der Waals surface area (Å²) in [6.07, 6.45) is 1.81. The molecule has 3 N–H and O–H groups in total. The molecule has 172 valence electrons. The molecular formula is C27H31N3O3. The standard InChI is InChI=1S/C27H31N3O3/c31-26(23-12-14-28-15-13-23)30-25(17-21-10-11-22-8-4-5-9-24(22)16-21)18-29-27(32)33-19-20-6-2-1-3-7-20/h1-11,16,23,25,28H,12-15,17-19H2,(H,29,32)(H,30,31). The Hall–Kier alpha value is -3.38. The Labute approximate surface area is 194 Å². The Balaban J connectivity index is 1.38. The van der Waals surface area contributed by atoms with Gasteiger partial charge in [0.1, 0.15) is 6.61 Å². The number of hydrogen-bond donors (Lipinski definition) is 3. The number of fused-ring (bicyclic) bond motifs is 1. The van der Waals surface area contributed by atoms with E-state index in [-0.39, 0.29) is 24.5 Å². The Morgan fingerprint density at radius 1 is 0.909 bits per heavy atom. The maximum Gasteiger partial charge on any atom is 0.407 e. The van der Waals surface area contributed by atoms with Crippen LogP contribution in [0.1, 0.15) is 24.0 Å². The van der Waals surface area contributed by atoms with Gasteiger partial charge in [0.25, 0.3) is 0 Å². The Morgan fingerprint density at radius 3 is 2.42 bits per heavy atom. The van der Waals surface area contributed by atoms with Crippen molar-refractivity contribution >= 4 is 22.8 Å². The quantitative estimate of drug-likeness (QED) is 0.493. The number of ether oxygens (including phenoxy) is 1. The number of rotatable bonds is 8. The van der Waals surface area contributed by atoms with Gasteiger partial charge in [0.15, 0.2) is 0 Å². The highest BCUT2D eigenvalue weighted by molar-refractivity contribution is 5.83. The molecule has 3 aromatic rings. The zero-order valence-electron chi connectivity index (χ0n) is 18.8. The van der Waals surface area contributed by atoms with Gasteiger partial charge >= 0.3 is 6.09 Å². The first-order chi connectivity index (χ1) is 16.2. The lowest BCUT2D eigenvalue weighted by molar-refractivity contribution is -0.126. The number of hydrogen-bond acceptors (Lipinski definition) is 4. The third-order valence-electron chi connectivity index (χ3n) is 6.06. The van der Waals surface area contributed by atoms with E-state index < -0.39 is 6.09 Å². The van der Waals surface area contributed by atoms with E-state index in [1.165, 1.54) is 5.39 Å². The third kappa shape index (κ3) is 6.80. The van der Waals surface area contributed by atoms with Crippen LogP contribution in [-0.4, -0.2) is 37.7 Å². The summed E-state index contributed by atoms with van der Waals surface area (Å²) in [4.78, 5) is 25.2. The average Bonchev–Trinajstić information content (AvgIpc) is 2.87. The number of carbonyl (C=O) groups is 2. The minimum Gasteiger partial charge on any atom is -0.445 e. The lowest BCUT2D eigenvalue weighted by Gasteiger charge is -2.26. The summed E-state index contributed by atoms with van der Waals surface area (Å²) in [5, 5.41) is 11.6. The fraction of sp³-hybridized carbons (Fsp3) is 0.333. The number of nitrogens with one attached hydrogen (secondary N) is 3. The van der Waals surface area contributed by atoms with Crippen LogP contribution < -0.4 is 16.0 Å². The van der Waals surface area contributed by atoms with Crippen LogP contribution in [-0.2, 0) is 22.6 Å². The van der Waals surface area contributed by atoms with Gasteiger partial charge in [0.2, 0.25) is 5.91 Å². The molecule has 1 unspecified atom stereocenters. The molecule has 0 aliphatic carbocycles. The van der Waals surface area contributed by atoms with Crippen molar-refractivity contribution in [3.63, 3.8) is 0 Å². The molecule has 4 rings (SSSR count). The molecule has 1 atom stereocenters. The molecule has 33 heavy (non-hydrogen) atoms. The second kappa shape index (κ2) is 11.5. The van der Waals surface area contributed by atoms with Gasteiger partial charge in [0.05, 0.1) is 6.04 Å². The van der Waals surface area contributed by atoms with E-state index in [9.17, 15) is 9.59 Å². The van der Waals surface area contributed by atoms with E-state index in [2.05, 4.69) is 46.3 Å². The van der Waals surface area contributed by atoms with E-state index in [4.69, 9.17) is 4.74 Å². The van der Waals surface area contributed by atoms with Crippen LogP contribution in [0.15, 0.2) is 72.8 Å². The molecule has 1 heterocycles. The number of piperidine rings is 1. The predicted octanol–water partition coefficient (Wildman–Crippen LogP) is 3.79. The SMILES string of the molecule is O=C(NCC(Cc1ccc2ccccc2c1)NC(=O)C1CCNCC1)OCc1ccccc1. The first kappa shape index (κ1) is 22.8. The van der Waals surface area contributed by atoms with Crippen LogP contribution in [0.5, 0.6) is 0 Å². The molecule has 6 nitrogen and oxygen atoms in total. The van der Waals surface area contributed by atoms with Gasteiger partial charge in [-0.1, -0.05) is 72.8 Å². The van der Waals surface area contributed by atoms with Crippen molar-refractivity contribution in [1.29, 1.82) is 0 Å². The van der Waals surface area contributed by atoms with Gasteiger partial charge in [-0.05, 0) is 54.3 Å². The van der Waals surface area contributed by atoms with Gasteiger partial charge in [-0.3, -0.25) is 4.79 Å². The first-order valence-corrected chi connectivity index (χ1v) is 11.6. The third-order valence-corrected chi connectivity index (χ3v) is 6.06. The zero-order chi connectivity index (χ0) is 22.9. The maximum absolute atomic E-state index is 12.9. The number of benzene rings is 3. The second-order valence-corrected chi connectivity index (χ2v) is 8.56. The van der Waals surface area contributed by atoms with Gasteiger partial charge < -0.3 is 20.7 Å². The van der Waals surface area contributed by atoms with Gasteiger partial charge in [-0.2, -0.15) is 0 Å². The minimum atomic E-state index is -0.488. The topological polar surface area (TPSA) is 79.5 Å². The Bertz CT molecular complexity index is 1060. The number of alkyl carbamates (subject to hydrolysis) is 1. The van der Waals surface area contributed by atoms with Crippen LogP contribution in [0, 0.1) is 5.92 Å². The van der Waals surface area contributed by atoms with Crippen molar-refractivity contribution in [2.45, 2.75) is 31.9 Å². The molecule has 0 bridgehead atoms. The van der Waals surface area contributed by atoms with Crippen LogP contribution >= 0.6 is 0 Å². The lowest BCUT2D eigenvalue weighted by atomic mass is 9.96. The lowest BCUT2D eigenvalue weighted by Crippen LogP contribution is -2.48. The van der Waals surface area contributed by atoms with Crippen molar-refractivity contribution in [3.8, 4) is 0 Å². The molecule has 6 heteroatoms. The summed E-state index contributed by atoms with van der Waals surface area (Å²) in [5.41, 5.74) is 2.04. The van der Waals surface area contributed by atoms with Crippen LogP contribution in [0.25, 0.3) is 10.8 Å². The smallest absolute Gasteiger partial charge is 0.407 e. The maximum atomic E-state index is 12.9. The molecule has 0 spiro atoms. The van der Waals surface area contributed by atoms with Gasteiger partial charge in [0, 0.05) is 12.5 Å².